The average molecular weight is 314 g/mol. The lowest BCUT2D eigenvalue weighted by Crippen LogP contribution is -3.00. The average Bonchev–Trinajstić information content (AvgIpc) is 2.39. The maximum Gasteiger partial charge on any atom is 0.269 e. The van der Waals surface area contributed by atoms with Gasteiger partial charge in [-0.15, -0.1) is 0 Å². The Labute approximate surface area is 121 Å². The maximum absolute atomic E-state index is 12.2. The summed E-state index contributed by atoms with van der Waals surface area (Å²) in [5.41, 5.74) is 5.80. The first-order valence-corrected chi connectivity index (χ1v) is 6.74. The van der Waals surface area contributed by atoms with Crippen LogP contribution in [-0.2, 0) is 9.84 Å². The van der Waals surface area contributed by atoms with Crippen LogP contribution in [0.3, 0.4) is 0 Å². The van der Waals surface area contributed by atoms with Crippen molar-refractivity contribution in [3.05, 3.63) is 58.6 Å². The number of nitrogen functional groups attached to an aromatic ring is 1. The fourth-order valence-electron chi connectivity index (χ4n) is 1.53. The molecule has 0 atom stereocenters. The van der Waals surface area contributed by atoms with Crippen LogP contribution >= 0.6 is 0 Å². The largest absolute Gasteiger partial charge is 1.00 e. The van der Waals surface area contributed by atoms with Gasteiger partial charge >= 0.3 is 0 Å². The fourth-order valence-corrected chi connectivity index (χ4v) is 2.79. The Kier molecular flexibility index (Phi) is 4.69. The van der Waals surface area contributed by atoms with E-state index >= 15 is 0 Å². The number of halogens is 1. The van der Waals surface area contributed by atoms with Crippen LogP contribution in [0.1, 0.15) is 0 Å². The van der Waals surface area contributed by atoms with E-state index in [0.29, 0.717) is 5.69 Å². The molecule has 2 aromatic rings. The second-order valence-corrected chi connectivity index (χ2v) is 5.77. The Bertz CT molecular complexity index is 712. The van der Waals surface area contributed by atoms with Crippen molar-refractivity contribution in [1.82, 2.24) is 0 Å². The zero-order valence-corrected chi connectivity index (χ0v) is 11.6. The lowest BCUT2D eigenvalue weighted by molar-refractivity contribution is -0.384. The SMILES string of the molecule is Nc1ccc(S(=O)(=O)c2ccc([N+](=O)[O-])cc2)cc1.[Cl-]. The van der Waals surface area contributed by atoms with Crippen LogP contribution in [0.25, 0.3) is 0 Å². The Balaban J connectivity index is 0.00000200. The molecule has 2 rings (SSSR count). The van der Waals surface area contributed by atoms with Gasteiger partial charge in [-0.3, -0.25) is 10.1 Å². The number of nitrogens with zero attached hydrogens (tertiary/aromatic N) is 1. The van der Waals surface area contributed by atoms with E-state index < -0.39 is 14.8 Å². The van der Waals surface area contributed by atoms with Crippen molar-refractivity contribution in [3.8, 4) is 0 Å². The van der Waals surface area contributed by atoms with Crippen LogP contribution in [0.15, 0.2) is 58.3 Å². The van der Waals surface area contributed by atoms with Crippen molar-refractivity contribution in [3.63, 3.8) is 0 Å². The highest BCUT2D eigenvalue weighted by molar-refractivity contribution is 7.91. The Morgan fingerprint density at radius 1 is 0.900 bits per heavy atom. The van der Waals surface area contributed by atoms with Crippen molar-refractivity contribution in [2.75, 3.05) is 5.73 Å². The molecule has 8 heteroatoms. The first-order chi connectivity index (χ1) is 8.91. The summed E-state index contributed by atoms with van der Waals surface area (Å²) in [5, 5.41) is 10.5. The molecule has 106 valence electrons. The standard InChI is InChI=1S/C12H10N2O4S.ClH/c13-9-1-5-11(6-2-9)19(17,18)12-7-3-10(4-8-12)14(15)16;/h1-8H,13H2;1H/p-1. The molecule has 0 aromatic heterocycles. The molecule has 0 bridgehead atoms. The second-order valence-electron chi connectivity index (χ2n) is 3.82. The van der Waals surface area contributed by atoms with Gasteiger partial charge in [-0.05, 0) is 36.4 Å². The van der Waals surface area contributed by atoms with Gasteiger partial charge in [0, 0.05) is 17.8 Å². The lowest BCUT2D eigenvalue weighted by atomic mass is 10.3. The van der Waals surface area contributed by atoms with Gasteiger partial charge in [0.15, 0.2) is 0 Å². The molecule has 0 heterocycles. The van der Waals surface area contributed by atoms with E-state index in [1.54, 1.807) is 0 Å². The van der Waals surface area contributed by atoms with E-state index in [2.05, 4.69) is 0 Å². The van der Waals surface area contributed by atoms with Crippen molar-refractivity contribution >= 4 is 21.2 Å². The molecular formula is C12H10ClN2O4S-. The fraction of sp³-hybridized carbons (Fsp3) is 0. The van der Waals surface area contributed by atoms with Gasteiger partial charge in [0.25, 0.3) is 5.69 Å². The van der Waals surface area contributed by atoms with Crippen LogP contribution in [0.2, 0.25) is 0 Å². The molecule has 0 radical (unpaired) electrons. The number of sulfone groups is 1. The summed E-state index contributed by atoms with van der Waals surface area (Å²) in [7, 11) is -3.68. The van der Waals surface area contributed by atoms with Crippen molar-refractivity contribution in [2.45, 2.75) is 9.79 Å². The van der Waals surface area contributed by atoms with Gasteiger partial charge in [0.1, 0.15) is 0 Å². The van der Waals surface area contributed by atoms with Gasteiger partial charge in [0.2, 0.25) is 9.84 Å². The molecule has 2 aromatic carbocycles. The summed E-state index contributed by atoms with van der Waals surface area (Å²) < 4.78 is 24.4. The van der Waals surface area contributed by atoms with Gasteiger partial charge < -0.3 is 18.1 Å². The Hall–Kier alpha value is -2.12. The summed E-state index contributed by atoms with van der Waals surface area (Å²) in [6.07, 6.45) is 0. The predicted octanol–water partition coefficient (Wildman–Crippen LogP) is -0.986. The number of rotatable bonds is 3. The molecule has 0 aliphatic rings. The van der Waals surface area contributed by atoms with Crippen LogP contribution < -0.4 is 18.1 Å². The number of nitro benzene ring substituents is 1. The van der Waals surface area contributed by atoms with Gasteiger partial charge in [-0.1, -0.05) is 0 Å². The maximum atomic E-state index is 12.2. The van der Waals surface area contributed by atoms with E-state index in [-0.39, 0.29) is 27.9 Å². The zero-order valence-electron chi connectivity index (χ0n) is 10.1. The summed E-state index contributed by atoms with van der Waals surface area (Å²) in [6.45, 7) is 0. The third-order valence-electron chi connectivity index (χ3n) is 2.55. The molecule has 0 aliphatic carbocycles. The quantitative estimate of drug-likeness (QED) is 0.445. The minimum atomic E-state index is -3.68. The molecule has 2 N–H and O–H groups in total. The highest BCUT2D eigenvalue weighted by atomic mass is 35.5. The zero-order chi connectivity index (χ0) is 14.0. The van der Waals surface area contributed by atoms with Crippen LogP contribution in [-0.4, -0.2) is 13.3 Å². The molecule has 0 amide bonds. The minimum absolute atomic E-state index is 0. The number of hydrogen-bond donors (Lipinski definition) is 1. The number of benzene rings is 2. The predicted molar refractivity (Wildman–Crippen MR) is 69.4 cm³/mol. The summed E-state index contributed by atoms with van der Waals surface area (Å²) in [5.74, 6) is 0. The third-order valence-corrected chi connectivity index (χ3v) is 4.33. The lowest BCUT2D eigenvalue weighted by Gasteiger charge is -2.04. The van der Waals surface area contributed by atoms with Crippen molar-refractivity contribution < 1.29 is 25.7 Å². The Morgan fingerprint density at radius 2 is 1.30 bits per heavy atom. The summed E-state index contributed by atoms with van der Waals surface area (Å²) >= 11 is 0. The van der Waals surface area contributed by atoms with E-state index in [1.807, 2.05) is 0 Å². The molecule has 0 saturated carbocycles. The molecule has 0 aliphatic heterocycles. The van der Waals surface area contributed by atoms with E-state index in [0.717, 1.165) is 12.1 Å². The van der Waals surface area contributed by atoms with Crippen LogP contribution in [0.4, 0.5) is 11.4 Å². The first-order valence-electron chi connectivity index (χ1n) is 5.26. The van der Waals surface area contributed by atoms with E-state index in [1.165, 1.54) is 36.4 Å². The first kappa shape index (κ1) is 15.9. The smallest absolute Gasteiger partial charge is 0.269 e. The van der Waals surface area contributed by atoms with E-state index in [4.69, 9.17) is 5.73 Å². The van der Waals surface area contributed by atoms with Crippen molar-refractivity contribution in [1.29, 1.82) is 0 Å². The molecule has 0 fully saturated rings. The summed E-state index contributed by atoms with van der Waals surface area (Å²) in [4.78, 5) is 10.0. The highest BCUT2D eigenvalue weighted by Crippen LogP contribution is 2.23. The van der Waals surface area contributed by atoms with Crippen molar-refractivity contribution in [2.24, 2.45) is 0 Å². The van der Waals surface area contributed by atoms with Crippen LogP contribution in [0.5, 0.6) is 0 Å². The Morgan fingerprint density at radius 3 is 1.70 bits per heavy atom. The number of nitro groups is 1. The number of anilines is 1. The monoisotopic (exact) mass is 313 g/mol. The molecule has 0 unspecified atom stereocenters. The highest BCUT2D eigenvalue weighted by Gasteiger charge is 2.18. The van der Waals surface area contributed by atoms with Gasteiger partial charge in [-0.25, -0.2) is 8.42 Å². The number of nitrogens with two attached hydrogens (primary N) is 1. The molecule has 20 heavy (non-hydrogen) atoms. The topological polar surface area (TPSA) is 103 Å². The molecule has 6 nitrogen and oxygen atoms in total. The van der Waals surface area contributed by atoms with Gasteiger partial charge in [-0.2, -0.15) is 0 Å². The second kappa shape index (κ2) is 5.89. The molecule has 0 spiro atoms. The molecule has 0 saturated heterocycles. The normalized spacial score (nSPS) is 10.6. The number of non-ortho nitro benzene ring substituents is 1. The summed E-state index contributed by atoms with van der Waals surface area (Å²) in [6, 6.07) is 10.5. The molecular weight excluding hydrogens is 304 g/mol. The third kappa shape index (κ3) is 3.06. The van der Waals surface area contributed by atoms with Gasteiger partial charge in [0.05, 0.1) is 14.7 Å². The number of hydrogen-bond acceptors (Lipinski definition) is 5. The van der Waals surface area contributed by atoms with Crippen LogP contribution in [0, 0.1) is 10.1 Å². The minimum Gasteiger partial charge on any atom is -1.00 e. The van der Waals surface area contributed by atoms with E-state index in [9.17, 15) is 18.5 Å².